The first kappa shape index (κ1) is 17.2. The lowest BCUT2D eigenvalue weighted by molar-refractivity contribution is -0.148. The van der Waals surface area contributed by atoms with Crippen molar-refractivity contribution in [2.75, 3.05) is 19.8 Å². The van der Waals surface area contributed by atoms with Crippen molar-refractivity contribution in [3.8, 4) is 0 Å². The molecule has 1 heterocycles. The molecule has 1 saturated heterocycles. The summed E-state index contributed by atoms with van der Waals surface area (Å²) < 4.78 is 14.2. The van der Waals surface area contributed by atoms with E-state index in [-0.39, 0.29) is 19.8 Å². The second-order valence-electron chi connectivity index (χ2n) is 3.70. The van der Waals surface area contributed by atoms with E-state index in [2.05, 4.69) is 0 Å². The summed E-state index contributed by atoms with van der Waals surface area (Å²) in [5, 5.41) is -1.48. The van der Waals surface area contributed by atoms with E-state index in [0.717, 1.165) is 23.5 Å². The van der Waals surface area contributed by atoms with E-state index in [9.17, 15) is 14.4 Å². The van der Waals surface area contributed by atoms with Crippen LogP contribution in [0.4, 0.5) is 0 Å². The molecule has 1 aliphatic rings. The Morgan fingerprint density at radius 1 is 0.750 bits per heavy atom. The molecule has 2 unspecified atom stereocenters. The minimum absolute atomic E-state index is 0.222. The second-order valence-corrected chi connectivity index (χ2v) is 6.50. The third kappa shape index (κ3) is 4.31. The van der Waals surface area contributed by atoms with Crippen LogP contribution in [0.2, 0.25) is 0 Å². The summed E-state index contributed by atoms with van der Waals surface area (Å²) in [5.41, 5.74) is 0. The van der Waals surface area contributed by atoms with E-state index in [1.807, 2.05) is 0 Å². The Labute approximate surface area is 126 Å². The minimum atomic E-state index is -0.742. The van der Waals surface area contributed by atoms with Crippen molar-refractivity contribution in [2.24, 2.45) is 0 Å². The van der Waals surface area contributed by atoms with Crippen LogP contribution in [0.5, 0.6) is 0 Å². The molecule has 2 atom stereocenters. The molecule has 0 amide bonds. The maximum atomic E-state index is 11.9. The van der Waals surface area contributed by atoms with Gasteiger partial charge in [-0.15, -0.1) is 23.5 Å². The number of carbonyl (C=O) groups is 3. The largest absolute Gasteiger partial charge is 0.465 e. The van der Waals surface area contributed by atoms with Gasteiger partial charge in [-0.25, -0.2) is 4.79 Å². The van der Waals surface area contributed by atoms with Gasteiger partial charge in [0.1, 0.15) is 15.1 Å². The van der Waals surface area contributed by atoms with Crippen LogP contribution < -0.4 is 0 Å². The zero-order valence-electron chi connectivity index (χ0n) is 11.6. The van der Waals surface area contributed by atoms with Crippen molar-refractivity contribution in [1.29, 1.82) is 0 Å². The number of carbonyl (C=O) groups excluding carboxylic acids is 3. The van der Waals surface area contributed by atoms with Gasteiger partial charge in [0, 0.05) is 0 Å². The molecule has 6 nitrogen and oxygen atoms in total. The molecule has 1 aliphatic heterocycles. The molecule has 0 aromatic carbocycles. The van der Waals surface area contributed by atoms with Gasteiger partial charge in [-0.2, -0.15) is 0 Å². The number of rotatable bonds is 6. The number of hydrogen-bond donors (Lipinski definition) is 0. The first-order valence-corrected chi connectivity index (χ1v) is 8.24. The normalized spacial score (nSPS) is 25.1. The van der Waals surface area contributed by atoms with Gasteiger partial charge in [0.05, 0.1) is 19.8 Å². The molecular formula is C12H18O6S2. The Hall–Kier alpha value is -0.890. The van der Waals surface area contributed by atoms with Crippen LogP contribution in [-0.4, -0.2) is 52.8 Å². The highest BCUT2D eigenvalue weighted by Crippen LogP contribution is 2.45. The minimum Gasteiger partial charge on any atom is -0.465 e. The summed E-state index contributed by atoms with van der Waals surface area (Å²) in [4.78, 5) is 35.5. The fourth-order valence-electron chi connectivity index (χ4n) is 1.57. The molecule has 0 bridgehead atoms. The first-order valence-electron chi connectivity index (χ1n) is 6.35. The van der Waals surface area contributed by atoms with Crippen molar-refractivity contribution in [3.05, 3.63) is 0 Å². The Morgan fingerprint density at radius 3 is 1.45 bits per heavy atom. The van der Waals surface area contributed by atoms with Gasteiger partial charge < -0.3 is 14.2 Å². The zero-order chi connectivity index (χ0) is 15.1. The Bertz CT molecular complexity index is 347. The van der Waals surface area contributed by atoms with Gasteiger partial charge in [0.2, 0.25) is 0 Å². The van der Waals surface area contributed by atoms with Crippen LogP contribution in [-0.2, 0) is 28.6 Å². The lowest BCUT2D eigenvalue weighted by Gasteiger charge is -2.14. The Balaban J connectivity index is 2.79. The molecule has 0 N–H and O–H groups in total. The molecule has 0 aliphatic carbocycles. The summed E-state index contributed by atoms with van der Waals surface area (Å²) >= 11 is 2.16. The van der Waals surface area contributed by atoms with Crippen LogP contribution in [0.15, 0.2) is 0 Å². The van der Waals surface area contributed by atoms with Crippen molar-refractivity contribution in [2.45, 2.75) is 35.9 Å². The van der Waals surface area contributed by atoms with E-state index in [1.54, 1.807) is 20.8 Å². The van der Waals surface area contributed by atoms with Gasteiger partial charge in [-0.1, -0.05) is 0 Å². The maximum Gasteiger partial charge on any atom is 0.329 e. The smallest absolute Gasteiger partial charge is 0.329 e. The molecule has 0 aromatic heterocycles. The Morgan fingerprint density at radius 2 is 1.10 bits per heavy atom. The fraction of sp³-hybridized carbons (Fsp3) is 0.750. The lowest BCUT2D eigenvalue weighted by Crippen LogP contribution is -2.34. The van der Waals surface area contributed by atoms with Gasteiger partial charge in [-0.3, -0.25) is 9.59 Å². The van der Waals surface area contributed by atoms with Crippen LogP contribution in [0.1, 0.15) is 20.8 Å². The average Bonchev–Trinajstić information content (AvgIpc) is 2.84. The molecular weight excluding hydrogens is 304 g/mol. The lowest BCUT2D eigenvalue weighted by atomic mass is 10.3. The molecule has 20 heavy (non-hydrogen) atoms. The standard InChI is InChI=1S/C12H18O6S2/c1-4-16-9(13)7-8(10(14)17-5-2)20-12(19-7)11(15)18-6-3/h7-8,12H,4-6H2,1-3H3. The molecule has 0 saturated carbocycles. The van der Waals surface area contributed by atoms with Crippen LogP contribution >= 0.6 is 23.5 Å². The summed E-state index contributed by atoms with van der Waals surface area (Å²) in [7, 11) is 0. The molecule has 0 aromatic rings. The third-order valence-electron chi connectivity index (χ3n) is 2.33. The number of thioether (sulfide) groups is 2. The van der Waals surface area contributed by atoms with Crippen molar-refractivity contribution < 1.29 is 28.6 Å². The molecule has 8 heteroatoms. The molecule has 114 valence electrons. The Kier molecular flexibility index (Phi) is 7.22. The number of ether oxygens (including phenoxy) is 3. The highest BCUT2D eigenvalue weighted by molar-refractivity contribution is 8.22. The second kappa shape index (κ2) is 8.41. The summed E-state index contributed by atoms with van der Waals surface area (Å²) in [5.74, 6) is -1.45. The molecule has 1 rings (SSSR count). The number of hydrogen-bond acceptors (Lipinski definition) is 8. The van der Waals surface area contributed by atoms with E-state index >= 15 is 0 Å². The van der Waals surface area contributed by atoms with E-state index in [0.29, 0.717) is 0 Å². The highest BCUT2D eigenvalue weighted by atomic mass is 32.2. The van der Waals surface area contributed by atoms with E-state index in [4.69, 9.17) is 14.2 Å². The third-order valence-corrected chi connectivity index (χ3v) is 5.57. The van der Waals surface area contributed by atoms with Gasteiger partial charge in [-0.05, 0) is 20.8 Å². The summed E-state index contributed by atoms with van der Waals surface area (Å²) in [6.07, 6.45) is 0. The quantitative estimate of drug-likeness (QED) is 0.533. The summed E-state index contributed by atoms with van der Waals surface area (Å²) in [6, 6.07) is 0. The summed E-state index contributed by atoms with van der Waals surface area (Å²) in [6.45, 7) is 5.78. The monoisotopic (exact) mass is 322 g/mol. The van der Waals surface area contributed by atoms with E-state index in [1.165, 1.54) is 0 Å². The van der Waals surface area contributed by atoms with Crippen LogP contribution in [0, 0.1) is 0 Å². The van der Waals surface area contributed by atoms with Crippen LogP contribution in [0.3, 0.4) is 0 Å². The van der Waals surface area contributed by atoms with Crippen LogP contribution in [0.25, 0.3) is 0 Å². The predicted molar refractivity (Wildman–Crippen MR) is 76.4 cm³/mol. The van der Waals surface area contributed by atoms with Crippen molar-refractivity contribution >= 4 is 41.4 Å². The molecule has 1 fully saturated rings. The average molecular weight is 322 g/mol. The SMILES string of the molecule is CCOC(=O)C1SC(C(=O)OCC)C(C(=O)OCC)S1. The van der Waals surface area contributed by atoms with Gasteiger partial charge >= 0.3 is 17.9 Å². The zero-order valence-corrected chi connectivity index (χ0v) is 13.3. The molecule has 0 spiro atoms. The van der Waals surface area contributed by atoms with Crippen molar-refractivity contribution in [3.63, 3.8) is 0 Å². The fourth-order valence-corrected chi connectivity index (χ4v) is 4.69. The first-order chi connectivity index (χ1) is 9.54. The van der Waals surface area contributed by atoms with Gasteiger partial charge in [0.25, 0.3) is 0 Å². The molecule has 0 radical (unpaired) electrons. The van der Waals surface area contributed by atoms with Crippen molar-refractivity contribution in [1.82, 2.24) is 0 Å². The van der Waals surface area contributed by atoms with Gasteiger partial charge in [0.15, 0.2) is 0 Å². The van der Waals surface area contributed by atoms with E-state index < -0.39 is 33.0 Å². The number of esters is 3. The highest BCUT2D eigenvalue weighted by Gasteiger charge is 2.49. The topological polar surface area (TPSA) is 78.9 Å². The predicted octanol–water partition coefficient (Wildman–Crippen LogP) is 1.22. The maximum absolute atomic E-state index is 11.9.